The fourth-order valence-corrected chi connectivity index (χ4v) is 2.79. The van der Waals surface area contributed by atoms with Crippen LogP contribution >= 0.6 is 0 Å². The minimum absolute atomic E-state index is 0.135. The zero-order valence-corrected chi connectivity index (χ0v) is 13.3. The molecule has 0 bridgehead atoms. The molecule has 0 saturated carbocycles. The van der Waals surface area contributed by atoms with Gasteiger partial charge in [0, 0.05) is 23.5 Å². The Morgan fingerprint density at radius 3 is 2.68 bits per heavy atom. The SMILES string of the molecule is O=c1c2ccccc2ncn1Cc1ccc(-c2cccnc2)cc1F. The number of nitrogens with zero attached hydrogens (tertiary/aromatic N) is 3. The van der Waals surface area contributed by atoms with E-state index in [0.717, 1.165) is 11.1 Å². The van der Waals surface area contributed by atoms with Gasteiger partial charge in [-0.3, -0.25) is 14.3 Å². The Kier molecular flexibility index (Phi) is 3.82. The quantitative estimate of drug-likeness (QED) is 0.576. The molecule has 0 N–H and O–H groups in total. The second-order valence-electron chi connectivity index (χ2n) is 5.74. The average Bonchev–Trinajstić information content (AvgIpc) is 2.66. The Balaban J connectivity index is 1.70. The van der Waals surface area contributed by atoms with Gasteiger partial charge in [-0.25, -0.2) is 9.37 Å². The molecule has 0 atom stereocenters. The van der Waals surface area contributed by atoms with Gasteiger partial charge in [0.25, 0.3) is 5.56 Å². The topological polar surface area (TPSA) is 47.8 Å². The van der Waals surface area contributed by atoms with Crippen LogP contribution in [0.5, 0.6) is 0 Å². The van der Waals surface area contributed by atoms with E-state index in [1.54, 1.807) is 36.7 Å². The zero-order chi connectivity index (χ0) is 17.2. The Labute approximate surface area is 143 Å². The molecule has 0 saturated heterocycles. The maximum atomic E-state index is 14.5. The van der Waals surface area contributed by atoms with Crippen molar-refractivity contribution in [2.24, 2.45) is 0 Å². The standard InChI is InChI=1S/C20H14FN3O/c21-18-10-14(15-4-3-9-22-11-15)7-8-16(18)12-24-13-23-19-6-2-1-5-17(19)20(24)25/h1-11,13H,12H2. The number of rotatable bonds is 3. The first kappa shape index (κ1) is 15.2. The first-order chi connectivity index (χ1) is 12.2. The summed E-state index contributed by atoms with van der Waals surface area (Å²) in [6.45, 7) is 0.135. The van der Waals surface area contributed by atoms with Crippen molar-refractivity contribution in [2.75, 3.05) is 0 Å². The van der Waals surface area contributed by atoms with Crippen LogP contribution in [0.2, 0.25) is 0 Å². The summed E-state index contributed by atoms with van der Waals surface area (Å²) in [4.78, 5) is 20.8. The van der Waals surface area contributed by atoms with Crippen molar-refractivity contribution < 1.29 is 4.39 Å². The predicted molar refractivity (Wildman–Crippen MR) is 94.7 cm³/mol. The molecule has 0 unspecified atom stereocenters. The third-order valence-electron chi connectivity index (χ3n) is 4.12. The van der Waals surface area contributed by atoms with Gasteiger partial charge < -0.3 is 0 Å². The molecule has 4 nitrogen and oxygen atoms in total. The molecule has 2 aromatic carbocycles. The molecule has 25 heavy (non-hydrogen) atoms. The smallest absolute Gasteiger partial charge is 0.261 e. The zero-order valence-electron chi connectivity index (χ0n) is 13.3. The van der Waals surface area contributed by atoms with Gasteiger partial charge in [-0.1, -0.05) is 30.3 Å². The first-order valence-electron chi connectivity index (χ1n) is 7.85. The van der Waals surface area contributed by atoms with Crippen LogP contribution in [-0.4, -0.2) is 14.5 Å². The van der Waals surface area contributed by atoms with Crippen molar-refractivity contribution >= 4 is 10.9 Å². The van der Waals surface area contributed by atoms with Crippen LogP contribution in [0, 0.1) is 5.82 Å². The van der Waals surface area contributed by atoms with Crippen LogP contribution in [-0.2, 0) is 6.54 Å². The second-order valence-corrected chi connectivity index (χ2v) is 5.74. The molecule has 2 aromatic heterocycles. The van der Waals surface area contributed by atoms with Gasteiger partial charge in [0.2, 0.25) is 0 Å². The third kappa shape index (κ3) is 2.92. The Bertz CT molecular complexity index is 1110. The van der Waals surface area contributed by atoms with E-state index in [1.807, 2.05) is 24.3 Å². The minimum atomic E-state index is -0.360. The molecular formula is C20H14FN3O. The average molecular weight is 331 g/mol. The Hall–Kier alpha value is -3.34. The van der Waals surface area contributed by atoms with E-state index in [-0.39, 0.29) is 17.9 Å². The van der Waals surface area contributed by atoms with Gasteiger partial charge in [-0.2, -0.15) is 0 Å². The first-order valence-corrected chi connectivity index (χ1v) is 7.85. The highest BCUT2D eigenvalue weighted by Gasteiger charge is 2.09. The number of aromatic nitrogens is 3. The lowest BCUT2D eigenvalue weighted by atomic mass is 10.1. The molecule has 0 spiro atoms. The van der Waals surface area contributed by atoms with Crippen molar-refractivity contribution in [3.8, 4) is 11.1 Å². The van der Waals surface area contributed by atoms with E-state index in [1.165, 1.54) is 17.0 Å². The van der Waals surface area contributed by atoms with Gasteiger partial charge >= 0.3 is 0 Å². The molecule has 0 aliphatic heterocycles. The summed E-state index contributed by atoms with van der Waals surface area (Å²) in [5, 5.41) is 0.525. The minimum Gasteiger partial charge on any atom is -0.294 e. The molecule has 5 heteroatoms. The van der Waals surface area contributed by atoms with Gasteiger partial charge in [0.05, 0.1) is 23.8 Å². The van der Waals surface area contributed by atoms with Crippen molar-refractivity contribution in [1.29, 1.82) is 0 Å². The van der Waals surface area contributed by atoms with Crippen LogP contribution < -0.4 is 5.56 Å². The highest BCUT2D eigenvalue weighted by Crippen LogP contribution is 2.21. The Morgan fingerprint density at radius 1 is 1.00 bits per heavy atom. The lowest BCUT2D eigenvalue weighted by Crippen LogP contribution is -2.21. The van der Waals surface area contributed by atoms with E-state index in [9.17, 15) is 9.18 Å². The summed E-state index contributed by atoms with van der Waals surface area (Å²) in [7, 11) is 0. The summed E-state index contributed by atoms with van der Waals surface area (Å²) >= 11 is 0. The third-order valence-corrected chi connectivity index (χ3v) is 4.12. The maximum Gasteiger partial charge on any atom is 0.261 e. The summed E-state index contributed by atoms with van der Waals surface area (Å²) < 4.78 is 15.9. The predicted octanol–water partition coefficient (Wildman–Crippen LogP) is 3.65. The number of hydrogen-bond donors (Lipinski definition) is 0. The second kappa shape index (κ2) is 6.28. The Morgan fingerprint density at radius 2 is 1.88 bits per heavy atom. The fraction of sp³-hybridized carbons (Fsp3) is 0.0500. The van der Waals surface area contributed by atoms with Gasteiger partial charge in [-0.15, -0.1) is 0 Å². The monoisotopic (exact) mass is 331 g/mol. The highest BCUT2D eigenvalue weighted by molar-refractivity contribution is 5.76. The highest BCUT2D eigenvalue weighted by atomic mass is 19.1. The van der Waals surface area contributed by atoms with E-state index in [2.05, 4.69) is 9.97 Å². The largest absolute Gasteiger partial charge is 0.294 e. The van der Waals surface area contributed by atoms with Gasteiger partial charge in [0.15, 0.2) is 0 Å². The molecule has 0 fully saturated rings. The molecule has 2 heterocycles. The normalized spacial score (nSPS) is 10.9. The van der Waals surface area contributed by atoms with Crippen molar-refractivity contribution in [2.45, 2.75) is 6.54 Å². The van der Waals surface area contributed by atoms with Crippen molar-refractivity contribution in [3.05, 3.63) is 95.1 Å². The molecule has 0 amide bonds. The molecule has 4 rings (SSSR count). The van der Waals surface area contributed by atoms with Crippen LogP contribution in [0.3, 0.4) is 0 Å². The number of halogens is 1. The van der Waals surface area contributed by atoms with Gasteiger partial charge in [-0.05, 0) is 29.8 Å². The lowest BCUT2D eigenvalue weighted by Gasteiger charge is -2.09. The molecule has 0 aliphatic carbocycles. The number of hydrogen-bond acceptors (Lipinski definition) is 3. The maximum absolute atomic E-state index is 14.5. The van der Waals surface area contributed by atoms with Crippen molar-refractivity contribution in [1.82, 2.24) is 14.5 Å². The molecule has 0 aliphatic rings. The molecule has 0 radical (unpaired) electrons. The van der Waals surface area contributed by atoms with Crippen LogP contribution in [0.25, 0.3) is 22.0 Å². The van der Waals surface area contributed by atoms with Crippen LogP contribution in [0.4, 0.5) is 4.39 Å². The van der Waals surface area contributed by atoms with E-state index >= 15 is 0 Å². The molecule has 4 aromatic rings. The van der Waals surface area contributed by atoms with Crippen molar-refractivity contribution in [3.63, 3.8) is 0 Å². The number of benzene rings is 2. The van der Waals surface area contributed by atoms with E-state index in [4.69, 9.17) is 0 Å². The summed E-state index contributed by atoms with van der Waals surface area (Å²) in [6.07, 6.45) is 4.82. The number of para-hydroxylation sites is 1. The molecular weight excluding hydrogens is 317 g/mol. The van der Waals surface area contributed by atoms with E-state index in [0.29, 0.717) is 16.5 Å². The van der Waals surface area contributed by atoms with E-state index < -0.39 is 0 Å². The van der Waals surface area contributed by atoms with Crippen LogP contribution in [0.15, 0.2) is 78.1 Å². The summed E-state index contributed by atoms with van der Waals surface area (Å²) in [5.74, 6) is -0.360. The fourth-order valence-electron chi connectivity index (χ4n) is 2.79. The van der Waals surface area contributed by atoms with Crippen LogP contribution in [0.1, 0.15) is 5.56 Å². The summed E-state index contributed by atoms with van der Waals surface area (Å²) in [5.41, 5.74) is 2.49. The summed E-state index contributed by atoms with van der Waals surface area (Å²) in [6, 6.07) is 15.8. The number of pyridine rings is 1. The van der Waals surface area contributed by atoms with Gasteiger partial charge in [0.1, 0.15) is 5.82 Å². The lowest BCUT2D eigenvalue weighted by molar-refractivity contribution is 0.596. The number of fused-ring (bicyclic) bond motifs is 1. The molecule has 122 valence electrons.